The van der Waals surface area contributed by atoms with Crippen molar-refractivity contribution in [2.45, 2.75) is 98.4 Å². The molecule has 2 atom stereocenters. The molecule has 0 aromatic heterocycles. The maximum Gasteiger partial charge on any atom is 0.164 e. The van der Waals surface area contributed by atoms with Gasteiger partial charge in [-0.3, -0.25) is 0 Å². The van der Waals surface area contributed by atoms with Gasteiger partial charge in [-0.1, -0.05) is 0 Å². The van der Waals surface area contributed by atoms with E-state index < -0.39 is 5.79 Å². The first-order valence-corrected chi connectivity index (χ1v) is 7.23. The summed E-state index contributed by atoms with van der Waals surface area (Å²) >= 11 is 0. The van der Waals surface area contributed by atoms with E-state index >= 15 is 0 Å². The molecule has 4 heteroatoms. The standard InChI is InChI=1S/C9H18O2.C4H8O.C3H6O/c1-7(2)8(3,4)11-9(5,6)10-7;1-3-4(2)5-3;1-3(2)4/h1-6H3;3-4H,1-2H3;1-2H3. The molecule has 0 aliphatic carbocycles. The molecule has 2 fully saturated rings. The first-order chi connectivity index (χ1) is 8.70. The van der Waals surface area contributed by atoms with Gasteiger partial charge in [-0.25, -0.2) is 0 Å². The molecule has 2 rings (SSSR count). The Hall–Kier alpha value is -0.450. The number of carbonyl (C=O) groups is 1. The lowest BCUT2D eigenvalue weighted by Crippen LogP contribution is -2.41. The first-order valence-electron chi connectivity index (χ1n) is 7.23. The van der Waals surface area contributed by atoms with E-state index in [1.807, 2.05) is 13.8 Å². The summed E-state index contributed by atoms with van der Waals surface area (Å²) in [4.78, 5) is 9.44. The Morgan fingerprint density at radius 3 is 1.05 bits per heavy atom. The van der Waals surface area contributed by atoms with Gasteiger partial charge in [0.1, 0.15) is 5.78 Å². The third kappa shape index (κ3) is 6.82. The molecule has 4 nitrogen and oxygen atoms in total. The predicted octanol–water partition coefficient (Wildman–Crippen LogP) is 3.72. The number of ether oxygens (including phenoxy) is 3. The van der Waals surface area contributed by atoms with E-state index in [1.54, 1.807) is 0 Å². The minimum Gasteiger partial charge on any atom is -0.370 e. The van der Waals surface area contributed by atoms with Crippen LogP contribution in [-0.2, 0) is 19.0 Å². The Kier molecular flexibility index (Phi) is 6.40. The van der Waals surface area contributed by atoms with Crippen molar-refractivity contribution in [3.8, 4) is 0 Å². The van der Waals surface area contributed by atoms with E-state index in [-0.39, 0.29) is 17.0 Å². The summed E-state index contributed by atoms with van der Waals surface area (Å²) in [5, 5.41) is 0. The maximum atomic E-state index is 9.44. The largest absolute Gasteiger partial charge is 0.370 e. The highest BCUT2D eigenvalue weighted by molar-refractivity contribution is 5.72. The summed E-state index contributed by atoms with van der Waals surface area (Å²) < 4.78 is 16.4. The quantitative estimate of drug-likeness (QED) is 0.637. The summed E-state index contributed by atoms with van der Waals surface area (Å²) in [6, 6.07) is 0. The van der Waals surface area contributed by atoms with Gasteiger partial charge in [0.15, 0.2) is 5.79 Å². The van der Waals surface area contributed by atoms with Gasteiger partial charge in [0, 0.05) is 0 Å². The Bertz CT molecular complexity index is 303. The van der Waals surface area contributed by atoms with Crippen molar-refractivity contribution in [3.63, 3.8) is 0 Å². The molecule has 0 bridgehead atoms. The van der Waals surface area contributed by atoms with E-state index in [4.69, 9.17) is 14.2 Å². The van der Waals surface area contributed by atoms with Crippen molar-refractivity contribution < 1.29 is 19.0 Å². The number of hydrogen-bond donors (Lipinski definition) is 0. The predicted molar refractivity (Wildman–Crippen MR) is 80.8 cm³/mol. The molecule has 20 heavy (non-hydrogen) atoms. The molecule has 0 spiro atoms. The molecule has 0 saturated carbocycles. The summed E-state index contributed by atoms with van der Waals surface area (Å²) in [5.74, 6) is -0.271. The van der Waals surface area contributed by atoms with E-state index in [0.29, 0.717) is 12.2 Å². The number of hydrogen-bond acceptors (Lipinski definition) is 4. The van der Waals surface area contributed by atoms with E-state index in [2.05, 4.69) is 41.5 Å². The molecule has 120 valence electrons. The molecular weight excluding hydrogens is 256 g/mol. The highest BCUT2D eigenvalue weighted by Gasteiger charge is 2.52. The number of epoxide rings is 1. The summed E-state index contributed by atoms with van der Waals surface area (Å²) in [5.41, 5.74) is -0.396. The molecule has 2 saturated heterocycles. The Morgan fingerprint density at radius 1 is 0.800 bits per heavy atom. The van der Waals surface area contributed by atoms with E-state index in [9.17, 15) is 4.79 Å². The number of ketones is 1. The molecular formula is C16H32O4. The Balaban J connectivity index is 0.000000331. The van der Waals surface area contributed by atoms with Crippen molar-refractivity contribution in [1.82, 2.24) is 0 Å². The van der Waals surface area contributed by atoms with Gasteiger partial charge in [0.2, 0.25) is 0 Å². The second-order valence-corrected chi connectivity index (χ2v) is 7.08. The SMILES string of the molecule is CC(C)=O.CC1(C)OC(C)(C)C(C)(C)O1.CC1OC1C. The van der Waals surface area contributed by atoms with Gasteiger partial charge in [-0.2, -0.15) is 0 Å². The monoisotopic (exact) mass is 288 g/mol. The summed E-state index contributed by atoms with van der Waals surface area (Å²) in [7, 11) is 0. The highest BCUT2D eigenvalue weighted by Crippen LogP contribution is 2.43. The average molecular weight is 288 g/mol. The topological polar surface area (TPSA) is 48.1 Å². The van der Waals surface area contributed by atoms with Gasteiger partial charge in [-0.05, 0) is 69.2 Å². The van der Waals surface area contributed by atoms with Crippen LogP contribution in [0.1, 0.15) is 69.2 Å². The fraction of sp³-hybridized carbons (Fsp3) is 0.938. The van der Waals surface area contributed by atoms with Crippen LogP contribution in [0, 0.1) is 0 Å². The molecule has 0 radical (unpaired) electrons. The lowest BCUT2D eigenvalue weighted by Gasteiger charge is -2.30. The van der Waals surface area contributed by atoms with Crippen LogP contribution in [0.25, 0.3) is 0 Å². The second-order valence-electron chi connectivity index (χ2n) is 7.08. The maximum absolute atomic E-state index is 9.44. The van der Waals surface area contributed by atoms with Crippen LogP contribution in [0.2, 0.25) is 0 Å². The van der Waals surface area contributed by atoms with Gasteiger partial charge >= 0.3 is 0 Å². The number of rotatable bonds is 0. The Morgan fingerprint density at radius 2 is 1.00 bits per heavy atom. The van der Waals surface area contributed by atoms with Gasteiger partial charge < -0.3 is 19.0 Å². The van der Waals surface area contributed by atoms with Crippen molar-refractivity contribution in [2.75, 3.05) is 0 Å². The molecule has 0 amide bonds. The minimum atomic E-state index is -0.438. The minimum absolute atomic E-state index is 0.167. The highest BCUT2D eigenvalue weighted by atomic mass is 16.8. The first kappa shape index (κ1) is 19.6. The zero-order chi connectivity index (χ0) is 16.4. The third-order valence-electron chi connectivity index (χ3n) is 3.47. The van der Waals surface area contributed by atoms with Crippen LogP contribution in [0.15, 0.2) is 0 Å². The summed E-state index contributed by atoms with van der Waals surface area (Å²) in [6.45, 7) is 19.3. The van der Waals surface area contributed by atoms with Crippen molar-refractivity contribution >= 4 is 5.78 Å². The van der Waals surface area contributed by atoms with Crippen LogP contribution in [0.3, 0.4) is 0 Å². The van der Waals surface area contributed by atoms with Crippen molar-refractivity contribution in [1.29, 1.82) is 0 Å². The third-order valence-corrected chi connectivity index (χ3v) is 3.47. The molecule has 2 unspecified atom stereocenters. The normalized spacial score (nSPS) is 31.3. The van der Waals surface area contributed by atoms with Crippen LogP contribution in [-0.4, -0.2) is 35.0 Å². The lowest BCUT2D eigenvalue weighted by molar-refractivity contribution is -0.163. The molecule has 2 aliphatic heterocycles. The van der Waals surface area contributed by atoms with Gasteiger partial charge in [-0.15, -0.1) is 0 Å². The molecule has 0 aromatic carbocycles. The summed E-state index contributed by atoms with van der Waals surface area (Å²) in [6.07, 6.45) is 1.10. The van der Waals surface area contributed by atoms with Gasteiger partial charge in [0.25, 0.3) is 0 Å². The van der Waals surface area contributed by atoms with E-state index in [1.165, 1.54) is 13.8 Å². The van der Waals surface area contributed by atoms with Crippen LogP contribution < -0.4 is 0 Å². The van der Waals surface area contributed by atoms with Crippen LogP contribution in [0.4, 0.5) is 0 Å². The van der Waals surface area contributed by atoms with Crippen LogP contribution >= 0.6 is 0 Å². The zero-order valence-electron chi connectivity index (χ0n) is 14.8. The second kappa shape index (κ2) is 6.54. The fourth-order valence-electron chi connectivity index (χ4n) is 1.79. The fourth-order valence-corrected chi connectivity index (χ4v) is 1.79. The van der Waals surface area contributed by atoms with Crippen molar-refractivity contribution in [3.05, 3.63) is 0 Å². The van der Waals surface area contributed by atoms with Crippen LogP contribution in [0.5, 0.6) is 0 Å². The molecule has 2 heterocycles. The zero-order valence-corrected chi connectivity index (χ0v) is 14.8. The molecule has 0 N–H and O–H groups in total. The van der Waals surface area contributed by atoms with Crippen molar-refractivity contribution in [2.24, 2.45) is 0 Å². The lowest BCUT2D eigenvalue weighted by atomic mass is 9.90. The molecule has 0 aromatic rings. The van der Waals surface area contributed by atoms with Gasteiger partial charge in [0.05, 0.1) is 23.4 Å². The average Bonchev–Trinajstić information content (AvgIpc) is 2.69. The molecule has 2 aliphatic rings. The van der Waals surface area contributed by atoms with E-state index in [0.717, 1.165) is 0 Å². The number of Topliss-reactive ketones (excluding diaryl/α,β-unsaturated/α-hetero) is 1. The smallest absolute Gasteiger partial charge is 0.164 e. The Labute approximate surface area is 124 Å². The number of carbonyl (C=O) groups excluding carboxylic acids is 1.